The minimum atomic E-state index is -4.16. The molecule has 1 aliphatic rings. The fourth-order valence-electron chi connectivity index (χ4n) is 3.06. The van der Waals surface area contributed by atoms with Crippen LogP contribution in [-0.4, -0.2) is 20.9 Å². The van der Waals surface area contributed by atoms with Gasteiger partial charge in [-0.25, -0.2) is 16.8 Å². The zero-order valence-corrected chi connectivity index (χ0v) is 15.1. The molecule has 0 unspecified atom stereocenters. The highest BCUT2D eigenvalue weighted by Gasteiger charge is 2.56. The van der Waals surface area contributed by atoms with Gasteiger partial charge < -0.3 is 0 Å². The quantitative estimate of drug-likeness (QED) is 0.821. The van der Waals surface area contributed by atoms with Crippen LogP contribution >= 0.6 is 0 Å². The number of rotatable bonds is 4. The van der Waals surface area contributed by atoms with Crippen molar-refractivity contribution in [2.75, 3.05) is 0 Å². The zero-order chi connectivity index (χ0) is 18.1. The van der Waals surface area contributed by atoms with Gasteiger partial charge in [0.05, 0.1) is 9.79 Å². The topological polar surface area (TPSA) is 68.3 Å². The van der Waals surface area contributed by atoms with Gasteiger partial charge in [0, 0.05) is 12.8 Å². The maximum Gasteiger partial charge on any atom is 0.199 e. The van der Waals surface area contributed by atoms with Gasteiger partial charge in [-0.2, -0.15) is 0 Å². The van der Waals surface area contributed by atoms with E-state index in [9.17, 15) is 16.8 Å². The molecule has 0 aromatic heterocycles. The summed E-state index contributed by atoms with van der Waals surface area (Å²) in [6.07, 6.45) is 2.99. The van der Waals surface area contributed by atoms with E-state index in [0.717, 1.165) is 0 Å². The Hall–Kier alpha value is -2.18. The summed E-state index contributed by atoms with van der Waals surface area (Å²) in [6.45, 7) is 3.81. The molecule has 1 aliphatic carbocycles. The van der Waals surface area contributed by atoms with Crippen LogP contribution in [0.1, 0.15) is 12.8 Å². The number of sulfone groups is 2. The Kier molecular flexibility index (Phi) is 4.43. The van der Waals surface area contributed by atoms with Crippen LogP contribution in [0.3, 0.4) is 0 Å². The van der Waals surface area contributed by atoms with E-state index in [4.69, 9.17) is 0 Å². The fraction of sp³-hybridized carbons (Fsp3) is 0.158. The average molecular weight is 374 g/mol. The predicted octanol–water partition coefficient (Wildman–Crippen LogP) is 3.54. The minimum absolute atomic E-state index is 0.00222. The lowest BCUT2D eigenvalue weighted by Crippen LogP contribution is -2.47. The second-order valence-electron chi connectivity index (χ2n) is 5.99. The standard InChI is InChI=1S/C19H18O4S2/c1-16-9-8-14-19(15-16,24(20,21)17-10-4-2-5-11-17)25(22,23)18-12-6-3-7-13-18/h2-13H,1,14-15H2. The van der Waals surface area contributed by atoms with E-state index in [0.29, 0.717) is 5.57 Å². The number of benzene rings is 2. The molecule has 0 atom stereocenters. The van der Waals surface area contributed by atoms with Crippen LogP contribution in [0, 0.1) is 0 Å². The lowest BCUT2D eigenvalue weighted by molar-refractivity contribution is 0.532. The molecule has 0 saturated carbocycles. The van der Waals surface area contributed by atoms with E-state index >= 15 is 0 Å². The van der Waals surface area contributed by atoms with Gasteiger partial charge in [0.15, 0.2) is 23.8 Å². The molecule has 4 nitrogen and oxygen atoms in total. The van der Waals surface area contributed by atoms with Crippen LogP contribution in [0.4, 0.5) is 0 Å². The summed E-state index contributed by atoms with van der Waals surface area (Å²) in [4.78, 5) is -0.00443. The van der Waals surface area contributed by atoms with Crippen LogP contribution in [0.2, 0.25) is 0 Å². The van der Waals surface area contributed by atoms with Crippen molar-refractivity contribution in [3.63, 3.8) is 0 Å². The highest BCUT2D eigenvalue weighted by molar-refractivity contribution is 8.10. The summed E-state index contributed by atoms with van der Waals surface area (Å²) in [6, 6.07) is 15.4. The Morgan fingerprint density at radius 2 is 1.20 bits per heavy atom. The Bertz CT molecular complexity index is 950. The molecule has 0 spiro atoms. The summed E-state index contributed by atoms with van der Waals surface area (Å²) in [7, 11) is -8.32. The van der Waals surface area contributed by atoms with Crippen molar-refractivity contribution < 1.29 is 16.8 Å². The molecule has 3 rings (SSSR count). The highest BCUT2D eigenvalue weighted by Crippen LogP contribution is 2.45. The zero-order valence-electron chi connectivity index (χ0n) is 13.5. The molecule has 0 radical (unpaired) electrons. The Morgan fingerprint density at radius 1 is 0.760 bits per heavy atom. The van der Waals surface area contributed by atoms with Gasteiger partial charge in [-0.1, -0.05) is 60.7 Å². The highest BCUT2D eigenvalue weighted by atomic mass is 32.3. The summed E-state index contributed by atoms with van der Waals surface area (Å²) < 4.78 is 51.7. The average Bonchev–Trinajstić information content (AvgIpc) is 2.63. The van der Waals surface area contributed by atoms with Crippen molar-refractivity contribution >= 4 is 19.7 Å². The van der Waals surface area contributed by atoms with E-state index in [-0.39, 0.29) is 22.6 Å². The van der Waals surface area contributed by atoms with Crippen LogP contribution in [-0.2, 0) is 19.7 Å². The van der Waals surface area contributed by atoms with Crippen molar-refractivity contribution in [1.29, 1.82) is 0 Å². The van der Waals surface area contributed by atoms with E-state index < -0.39 is 23.8 Å². The second-order valence-corrected chi connectivity index (χ2v) is 10.8. The third kappa shape index (κ3) is 2.75. The SMILES string of the molecule is C=C1C=CCC(S(=O)(=O)c2ccccc2)(S(=O)(=O)c2ccccc2)C1. The maximum atomic E-state index is 13.4. The molecular weight excluding hydrogens is 356 g/mol. The van der Waals surface area contributed by atoms with Gasteiger partial charge in [0.2, 0.25) is 0 Å². The van der Waals surface area contributed by atoms with Crippen LogP contribution < -0.4 is 0 Å². The largest absolute Gasteiger partial charge is 0.222 e. The van der Waals surface area contributed by atoms with Crippen molar-refractivity contribution in [1.82, 2.24) is 0 Å². The lowest BCUT2D eigenvalue weighted by atomic mass is 10.0. The smallest absolute Gasteiger partial charge is 0.199 e. The number of allylic oxidation sites excluding steroid dienone is 3. The first-order valence-electron chi connectivity index (χ1n) is 7.75. The molecule has 2 aromatic carbocycles. The first-order chi connectivity index (χ1) is 11.8. The monoisotopic (exact) mass is 374 g/mol. The van der Waals surface area contributed by atoms with Crippen molar-refractivity contribution in [3.05, 3.63) is 85.0 Å². The summed E-state index contributed by atoms with van der Waals surface area (Å²) in [5.74, 6) is 0. The van der Waals surface area contributed by atoms with Crippen LogP contribution in [0.25, 0.3) is 0 Å². The fourth-order valence-corrected chi connectivity index (χ4v) is 8.07. The van der Waals surface area contributed by atoms with Crippen molar-refractivity contribution in [3.8, 4) is 0 Å². The molecule has 0 bridgehead atoms. The van der Waals surface area contributed by atoms with E-state index in [2.05, 4.69) is 6.58 Å². The Balaban J connectivity index is 2.30. The Morgan fingerprint density at radius 3 is 1.60 bits per heavy atom. The third-order valence-electron chi connectivity index (χ3n) is 4.37. The van der Waals surface area contributed by atoms with Gasteiger partial charge in [0.1, 0.15) is 0 Å². The number of hydrogen-bond acceptors (Lipinski definition) is 4. The molecule has 0 N–H and O–H groups in total. The second kappa shape index (κ2) is 6.28. The van der Waals surface area contributed by atoms with Crippen LogP contribution in [0.15, 0.2) is 94.8 Å². The summed E-state index contributed by atoms with van der Waals surface area (Å²) in [5.41, 5.74) is 0.477. The molecule has 25 heavy (non-hydrogen) atoms. The van der Waals surface area contributed by atoms with Gasteiger partial charge >= 0.3 is 0 Å². The van der Waals surface area contributed by atoms with E-state index in [1.807, 2.05) is 0 Å². The van der Waals surface area contributed by atoms with Crippen molar-refractivity contribution in [2.24, 2.45) is 0 Å². The van der Waals surface area contributed by atoms with Gasteiger partial charge in [-0.15, -0.1) is 0 Å². The minimum Gasteiger partial charge on any atom is -0.222 e. The normalized spacial score (nSPS) is 17.4. The molecule has 0 fully saturated rings. The number of hydrogen-bond donors (Lipinski definition) is 0. The Labute approximate surface area is 148 Å². The predicted molar refractivity (Wildman–Crippen MR) is 97.5 cm³/mol. The maximum absolute atomic E-state index is 13.4. The summed E-state index contributed by atoms with van der Waals surface area (Å²) in [5, 5.41) is 0. The molecule has 0 saturated heterocycles. The van der Waals surface area contributed by atoms with Gasteiger partial charge in [0.25, 0.3) is 0 Å². The van der Waals surface area contributed by atoms with Gasteiger partial charge in [-0.05, 0) is 24.3 Å². The van der Waals surface area contributed by atoms with Gasteiger partial charge in [-0.3, -0.25) is 0 Å². The first kappa shape index (κ1) is 17.6. The molecular formula is C19H18O4S2. The first-order valence-corrected chi connectivity index (χ1v) is 10.7. The third-order valence-corrected chi connectivity index (χ3v) is 10.0. The molecule has 0 amide bonds. The molecule has 6 heteroatoms. The lowest BCUT2D eigenvalue weighted by Gasteiger charge is -2.34. The molecule has 2 aromatic rings. The van der Waals surface area contributed by atoms with E-state index in [1.54, 1.807) is 48.6 Å². The molecule has 0 heterocycles. The van der Waals surface area contributed by atoms with Crippen molar-refractivity contribution in [2.45, 2.75) is 26.7 Å². The van der Waals surface area contributed by atoms with Crippen LogP contribution in [0.5, 0.6) is 0 Å². The summed E-state index contributed by atoms with van der Waals surface area (Å²) >= 11 is 0. The molecule has 130 valence electrons. The van der Waals surface area contributed by atoms with E-state index in [1.165, 1.54) is 24.3 Å². The molecule has 0 aliphatic heterocycles.